The van der Waals surface area contributed by atoms with Crippen LogP contribution in [0.5, 0.6) is 0 Å². The van der Waals surface area contributed by atoms with Crippen LogP contribution in [0.2, 0.25) is 0 Å². The molecule has 1 atom stereocenters. The van der Waals surface area contributed by atoms with Gasteiger partial charge >= 0.3 is 6.18 Å². The average molecular weight is 342 g/mol. The normalized spacial score (nSPS) is 16.2. The molecule has 1 aliphatic carbocycles. The van der Waals surface area contributed by atoms with Gasteiger partial charge < -0.3 is 5.11 Å². The second-order valence-corrected chi connectivity index (χ2v) is 5.81. The fourth-order valence-corrected chi connectivity index (χ4v) is 2.45. The molecule has 8 heteroatoms. The van der Waals surface area contributed by atoms with Gasteiger partial charge in [0.2, 0.25) is 0 Å². The van der Waals surface area contributed by atoms with Gasteiger partial charge in [0, 0.05) is 5.92 Å². The molecule has 0 spiro atoms. The number of hydrogen-bond donors (Lipinski definition) is 1. The van der Waals surface area contributed by atoms with Crippen molar-refractivity contribution in [2.24, 2.45) is 0 Å². The standard InChI is InChI=1S/C16H14F4N2O2/c17-11-3-1-2-10(6-11)14(23)8-22-15(24)12(16(18,19)20)7-13(21-22)9-4-5-9/h1-3,6-7,9,14,23H,4-5,8H2/t14-/m0/s1. The van der Waals surface area contributed by atoms with E-state index in [1.165, 1.54) is 18.2 Å². The molecule has 1 heterocycles. The summed E-state index contributed by atoms with van der Waals surface area (Å²) >= 11 is 0. The van der Waals surface area contributed by atoms with Crippen LogP contribution in [0, 0.1) is 5.82 Å². The number of aliphatic hydroxyl groups excluding tert-OH is 1. The minimum atomic E-state index is -4.80. The molecule has 0 amide bonds. The summed E-state index contributed by atoms with van der Waals surface area (Å²) in [4.78, 5) is 12.0. The monoisotopic (exact) mass is 342 g/mol. The topological polar surface area (TPSA) is 55.1 Å². The fraction of sp³-hybridized carbons (Fsp3) is 0.375. The van der Waals surface area contributed by atoms with Gasteiger partial charge in [0.15, 0.2) is 0 Å². The first-order valence-corrected chi connectivity index (χ1v) is 7.38. The molecule has 3 rings (SSSR count). The molecule has 1 N–H and O–H groups in total. The third-order valence-electron chi connectivity index (χ3n) is 3.87. The number of aliphatic hydroxyl groups is 1. The highest BCUT2D eigenvalue weighted by atomic mass is 19.4. The zero-order chi connectivity index (χ0) is 17.5. The minimum Gasteiger partial charge on any atom is -0.386 e. The lowest BCUT2D eigenvalue weighted by Gasteiger charge is -2.15. The van der Waals surface area contributed by atoms with E-state index in [4.69, 9.17) is 0 Å². The smallest absolute Gasteiger partial charge is 0.386 e. The largest absolute Gasteiger partial charge is 0.421 e. The highest BCUT2D eigenvalue weighted by Crippen LogP contribution is 2.40. The lowest BCUT2D eigenvalue weighted by Crippen LogP contribution is -2.33. The second kappa shape index (κ2) is 6.01. The summed E-state index contributed by atoms with van der Waals surface area (Å²) in [5, 5.41) is 14.1. The molecule has 1 aliphatic rings. The molecule has 1 aromatic carbocycles. The lowest BCUT2D eigenvalue weighted by molar-refractivity contribution is -0.139. The highest BCUT2D eigenvalue weighted by Gasteiger charge is 2.37. The zero-order valence-corrected chi connectivity index (χ0v) is 12.4. The predicted octanol–water partition coefficient (Wildman–Crippen LogP) is 3.01. The van der Waals surface area contributed by atoms with Gasteiger partial charge in [-0.2, -0.15) is 18.3 Å². The van der Waals surface area contributed by atoms with E-state index in [1.54, 1.807) is 0 Å². The lowest BCUT2D eigenvalue weighted by atomic mass is 10.1. The van der Waals surface area contributed by atoms with Crippen LogP contribution < -0.4 is 5.56 Å². The van der Waals surface area contributed by atoms with Crippen molar-refractivity contribution in [3.63, 3.8) is 0 Å². The van der Waals surface area contributed by atoms with Crippen molar-refractivity contribution in [2.75, 3.05) is 0 Å². The van der Waals surface area contributed by atoms with Crippen molar-refractivity contribution in [2.45, 2.75) is 37.6 Å². The minimum absolute atomic E-state index is 0.0933. The van der Waals surface area contributed by atoms with Crippen molar-refractivity contribution in [3.8, 4) is 0 Å². The SMILES string of the molecule is O=c1c(C(F)(F)F)cc(C2CC2)nn1C[C@H](O)c1cccc(F)c1. The van der Waals surface area contributed by atoms with Gasteiger partial charge in [-0.3, -0.25) is 4.79 Å². The van der Waals surface area contributed by atoms with Gasteiger partial charge in [-0.25, -0.2) is 9.07 Å². The Hall–Kier alpha value is -2.22. The number of alkyl halides is 3. The first kappa shape index (κ1) is 16.6. The van der Waals surface area contributed by atoms with Crippen LogP contribution in [-0.4, -0.2) is 14.9 Å². The molecule has 0 aliphatic heterocycles. The molecule has 2 aromatic rings. The van der Waals surface area contributed by atoms with Crippen LogP contribution in [-0.2, 0) is 12.7 Å². The van der Waals surface area contributed by atoms with Gasteiger partial charge in [0.1, 0.15) is 11.4 Å². The number of benzene rings is 1. The summed E-state index contributed by atoms with van der Waals surface area (Å²) in [5.41, 5.74) is -2.27. The van der Waals surface area contributed by atoms with Crippen molar-refractivity contribution in [1.29, 1.82) is 0 Å². The Morgan fingerprint density at radius 3 is 2.58 bits per heavy atom. The maximum Gasteiger partial charge on any atom is 0.421 e. The molecule has 0 bridgehead atoms. The first-order valence-electron chi connectivity index (χ1n) is 7.38. The molecule has 0 radical (unpaired) electrons. The summed E-state index contributed by atoms with van der Waals surface area (Å²) in [6, 6.07) is 5.81. The third-order valence-corrected chi connectivity index (χ3v) is 3.87. The average Bonchev–Trinajstić information content (AvgIpc) is 3.32. The number of hydrogen-bond acceptors (Lipinski definition) is 3. The molecule has 0 saturated heterocycles. The summed E-state index contributed by atoms with van der Waals surface area (Å²) in [6.07, 6.45) is -4.71. The maximum atomic E-state index is 13.2. The van der Waals surface area contributed by atoms with Crippen LogP contribution >= 0.6 is 0 Å². The molecule has 4 nitrogen and oxygen atoms in total. The zero-order valence-electron chi connectivity index (χ0n) is 12.4. The second-order valence-electron chi connectivity index (χ2n) is 5.81. The number of aromatic nitrogens is 2. The van der Waals surface area contributed by atoms with E-state index in [-0.39, 0.29) is 17.2 Å². The quantitative estimate of drug-likeness (QED) is 0.869. The molecule has 0 unspecified atom stereocenters. The van der Waals surface area contributed by atoms with Gasteiger partial charge in [-0.05, 0) is 36.6 Å². The maximum absolute atomic E-state index is 13.2. The summed E-state index contributed by atoms with van der Waals surface area (Å²) in [7, 11) is 0. The first-order chi connectivity index (χ1) is 11.3. The van der Waals surface area contributed by atoms with Crippen LogP contribution in [0.25, 0.3) is 0 Å². The Kier molecular flexibility index (Phi) is 4.16. The Bertz CT molecular complexity index is 812. The third kappa shape index (κ3) is 3.48. The molecule has 1 saturated carbocycles. The fourth-order valence-electron chi connectivity index (χ4n) is 2.45. The van der Waals surface area contributed by atoms with Gasteiger partial charge in [-0.15, -0.1) is 0 Å². The molecular weight excluding hydrogens is 328 g/mol. The van der Waals surface area contributed by atoms with E-state index in [1.807, 2.05) is 0 Å². The Labute approximate surface area is 134 Å². The van der Waals surface area contributed by atoms with Crippen LogP contribution in [0.4, 0.5) is 17.6 Å². The molecule has 1 fully saturated rings. The Morgan fingerprint density at radius 2 is 2.00 bits per heavy atom. The number of nitrogens with zero attached hydrogens (tertiary/aromatic N) is 2. The van der Waals surface area contributed by atoms with E-state index in [0.29, 0.717) is 4.68 Å². The van der Waals surface area contributed by atoms with Crippen LogP contribution in [0.15, 0.2) is 35.1 Å². The molecule has 24 heavy (non-hydrogen) atoms. The Morgan fingerprint density at radius 1 is 1.29 bits per heavy atom. The van der Waals surface area contributed by atoms with E-state index >= 15 is 0 Å². The number of rotatable bonds is 4. The van der Waals surface area contributed by atoms with Crippen molar-refractivity contribution < 1.29 is 22.7 Å². The van der Waals surface area contributed by atoms with Crippen molar-refractivity contribution in [1.82, 2.24) is 9.78 Å². The van der Waals surface area contributed by atoms with Gasteiger partial charge in [-0.1, -0.05) is 12.1 Å². The van der Waals surface area contributed by atoms with E-state index < -0.39 is 35.8 Å². The van der Waals surface area contributed by atoms with Crippen LogP contribution in [0.1, 0.15) is 41.7 Å². The van der Waals surface area contributed by atoms with E-state index in [9.17, 15) is 27.5 Å². The van der Waals surface area contributed by atoms with Gasteiger partial charge in [0.05, 0.1) is 18.3 Å². The van der Waals surface area contributed by atoms with Crippen molar-refractivity contribution >= 4 is 0 Å². The molecule has 1 aromatic heterocycles. The van der Waals surface area contributed by atoms with E-state index in [2.05, 4.69) is 5.10 Å². The van der Waals surface area contributed by atoms with E-state index in [0.717, 1.165) is 25.0 Å². The van der Waals surface area contributed by atoms with Crippen molar-refractivity contribution in [3.05, 3.63) is 63.3 Å². The predicted molar refractivity (Wildman–Crippen MR) is 76.8 cm³/mol. The number of halogens is 4. The summed E-state index contributed by atoms with van der Waals surface area (Å²) in [6.45, 7) is -0.480. The Balaban J connectivity index is 1.97. The molecule has 128 valence electrons. The van der Waals surface area contributed by atoms with Crippen LogP contribution in [0.3, 0.4) is 0 Å². The molecular formula is C16H14F4N2O2. The summed E-state index contributed by atoms with van der Waals surface area (Å²) < 4.78 is 53.0. The van der Waals surface area contributed by atoms with Gasteiger partial charge in [0.25, 0.3) is 5.56 Å². The summed E-state index contributed by atoms with van der Waals surface area (Å²) in [5.74, 6) is -0.682. The highest BCUT2D eigenvalue weighted by molar-refractivity contribution is 5.23.